The lowest BCUT2D eigenvalue weighted by Gasteiger charge is -2.25. The number of benzene rings is 3. The Kier molecular flexibility index (Phi) is 8.34. The number of hydrogen-bond acceptors (Lipinski definition) is 9. The first-order valence-corrected chi connectivity index (χ1v) is 12.7. The zero-order chi connectivity index (χ0) is 29.6. The number of carbonyl (C=O) groups excluding carboxylic acids is 3. The lowest BCUT2D eigenvalue weighted by molar-refractivity contribution is -0.0643. The van der Waals surface area contributed by atoms with Gasteiger partial charge in [-0.2, -0.15) is 4.39 Å². The number of esters is 3. The molecule has 2 heterocycles. The minimum absolute atomic E-state index is 0.128. The minimum Gasteiger partial charge on any atom is -0.459 e. The van der Waals surface area contributed by atoms with E-state index in [9.17, 15) is 28.4 Å². The van der Waals surface area contributed by atoms with Gasteiger partial charge in [-0.25, -0.2) is 19.2 Å². The van der Waals surface area contributed by atoms with E-state index in [-0.39, 0.29) is 16.7 Å². The van der Waals surface area contributed by atoms with Crippen LogP contribution < -0.4 is 11.2 Å². The van der Waals surface area contributed by atoms with Crippen molar-refractivity contribution < 1.29 is 37.7 Å². The predicted octanol–water partition coefficient (Wildman–Crippen LogP) is 2.88. The second kappa shape index (κ2) is 12.4. The lowest BCUT2D eigenvalue weighted by atomic mass is 10.1. The number of nitrogens with zero attached hydrogens (tertiary/aromatic N) is 1. The number of aromatic nitrogens is 2. The van der Waals surface area contributed by atoms with E-state index < -0.39 is 66.1 Å². The molecule has 0 amide bonds. The van der Waals surface area contributed by atoms with Crippen LogP contribution in [-0.2, 0) is 18.9 Å². The van der Waals surface area contributed by atoms with Gasteiger partial charge in [0.15, 0.2) is 18.4 Å². The summed E-state index contributed by atoms with van der Waals surface area (Å²) < 4.78 is 37.8. The Bertz CT molecular complexity index is 1690. The Labute approximate surface area is 237 Å². The van der Waals surface area contributed by atoms with Crippen molar-refractivity contribution in [2.75, 3.05) is 6.61 Å². The molecule has 1 aromatic heterocycles. The van der Waals surface area contributed by atoms with Gasteiger partial charge in [0.05, 0.1) is 22.9 Å². The van der Waals surface area contributed by atoms with E-state index >= 15 is 0 Å². The van der Waals surface area contributed by atoms with E-state index in [1.807, 2.05) is 4.98 Å². The molecule has 5 rings (SSSR count). The number of nitrogens with one attached hydrogen (secondary N) is 1. The van der Waals surface area contributed by atoms with Crippen molar-refractivity contribution >= 4 is 17.9 Å². The first kappa shape index (κ1) is 28.2. The van der Waals surface area contributed by atoms with Gasteiger partial charge in [0.2, 0.25) is 5.82 Å². The normalized spacial score (nSPS) is 19.5. The maximum Gasteiger partial charge on any atom is 0.338 e. The maximum atomic E-state index is 14.3. The standard InChI is InChI=1S/C30H23FN2O9/c31-21-16-33(30(38)32-25(21)34)26-24(42-29(37)20-14-8-3-9-15-20)23(41-28(36)19-12-6-2-7-13-19)22(40-26)17-39-27(35)18-10-4-1-5-11-18/h1-16,22-24,26H,17H2,(H,32,34,38)/t22-,23-,24-,26-/m1/s1/i30+1,32+1,33+1. The molecule has 4 atom stereocenters. The molecule has 42 heavy (non-hydrogen) atoms. The summed E-state index contributed by atoms with van der Waals surface area (Å²) in [6.07, 6.45) is -5.28. The van der Waals surface area contributed by atoms with Gasteiger partial charge in [0.25, 0.3) is 5.56 Å². The van der Waals surface area contributed by atoms with Gasteiger partial charge in [0, 0.05) is 0 Å². The third kappa shape index (κ3) is 6.18. The highest BCUT2D eigenvalue weighted by Gasteiger charge is 2.51. The summed E-state index contributed by atoms with van der Waals surface area (Å²) in [5, 5.41) is 0. The molecule has 0 saturated carbocycles. The van der Waals surface area contributed by atoms with Crippen molar-refractivity contribution in [3.8, 4) is 0 Å². The highest BCUT2D eigenvalue weighted by atomic mass is 19.1. The molecule has 0 unspecified atom stereocenters. The number of H-pyrrole nitrogens is 1. The molecule has 4 aromatic rings. The lowest BCUT2D eigenvalue weighted by Crippen LogP contribution is -2.43. The van der Waals surface area contributed by atoms with Crippen LogP contribution in [0.2, 0.25) is 0 Å². The Morgan fingerprint density at radius 1 is 0.738 bits per heavy atom. The molecule has 12 heteroatoms. The van der Waals surface area contributed by atoms with Crippen molar-refractivity contribution in [1.29, 1.82) is 0 Å². The van der Waals surface area contributed by atoms with Gasteiger partial charge in [-0.1, -0.05) is 54.6 Å². The average Bonchev–Trinajstić information content (AvgIpc) is 3.34. The van der Waals surface area contributed by atoms with E-state index in [0.717, 1.165) is 0 Å². The summed E-state index contributed by atoms with van der Waals surface area (Å²) >= 11 is 0. The van der Waals surface area contributed by atoms with Crippen molar-refractivity contribution in [2.24, 2.45) is 0 Å². The monoisotopic (exact) mass is 577 g/mol. The van der Waals surface area contributed by atoms with E-state index in [1.54, 1.807) is 54.6 Å². The molecule has 1 fully saturated rings. The van der Waals surface area contributed by atoms with Gasteiger partial charge in [-0.3, -0.25) is 14.3 Å². The smallest absolute Gasteiger partial charge is 0.338 e. The molecule has 0 bridgehead atoms. The summed E-state index contributed by atoms with van der Waals surface area (Å²) in [7, 11) is 0. The van der Waals surface area contributed by atoms with Gasteiger partial charge < -0.3 is 18.9 Å². The molecular weight excluding hydrogens is 554 g/mol. The van der Waals surface area contributed by atoms with Crippen LogP contribution in [0.5, 0.6) is 0 Å². The molecule has 214 valence electrons. The molecule has 0 radical (unpaired) electrons. The third-order valence-electron chi connectivity index (χ3n) is 6.38. The fraction of sp³-hybridized carbons (Fsp3) is 0.167. The maximum absolute atomic E-state index is 14.3. The first-order valence-electron chi connectivity index (χ1n) is 12.7. The topological polar surface area (TPSA) is 143 Å². The minimum atomic E-state index is -1.59. The predicted molar refractivity (Wildman–Crippen MR) is 143 cm³/mol. The quantitative estimate of drug-likeness (QED) is 0.247. The van der Waals surface area contributed by atoms with Crippen molar-refractivity contribution in [3.05, 3.63) is 141 Å². The summed E-state index contributed by atoms with van der Waals surface area (Å²) in [5.41, 5.74) is -1.84. The molecule has 1 aliphatic heterocycles. The molecule has 1 N–H and O–H groups in total. The fourth-order valence-corrected chi connectivity index (χ4v) is 4.33. The fourth-order valence-electron chi connectivity index (χ4n) is 4.33. The molecule has 1 saturated heterocycles. The Balaban J connectivity index is 1.52. The van der Waals surface area contributed by atoms with Gasteiger partial charge in [-0.05, 0) is 36.4 Å². The SMILES string of the molecule is O=C(OC[C@H]1O[C@@H]([15n]2cc(F)c(=O)[15nH][13c]2=O)[C@H](OC(=O)c2ccccc2)[C@@H]1OC(=O)c1ccccc1)c1ccccc1. The summed E-state index contributed by atoms with van der Waals surface area (Å²) in [5.74, 6) is -3.73. The summed E-state index contributed by atoms with van der Waals surface area (Å²) in [4.78, 5) is 65.1. The van der Waals surface area contributed by atoms with Crippen LogP contribution >= 0.6 is 0 Å². The van der Waals surface area contributed by atoms with E-state index in [2.05, 4.69) is 0 Å². The van der Waals surface area contributed by atoms with Crippen LogP contribution in [0.4, 0.5) is 4.39 Å². The second-order valence-electron chi connectivity index (χ2n) is 9.15. The molecule has 3 aromatic carbocycles. The Morgan fingerprint density at radius 3 is 1.74 bits per heavy atom. The van der Waals surface area contributed by atoms with E-state index in [4.69, 9.17) is 18.9 Å². The third-order valence-corrected chi connectivity index (χ3v) is 6.38. The molecule has 1 aliphatic rings. The number of carbonyl (C=O) groups is 3. The number of aromatic amines is 1. The van der Waals surface area contributed by atoms with Crippen LogP contribution in [0.1, 0.15) is 37.3 Å². The summed E-state index contributed by atoms with van der Waals surface area (Å²) in [6, 6.07) is 23.8. The zero-order valence-corrected chi connectivity index (χ0v) is 21.8. The Hall–Kier alpha value is -5.36. The van der Waals surface area contributed by atoms with Crippen LogP contribution in [0.3, 0.4) is 0 Å². The second-order valence-corrected chi connectivity index (χ2v) is 9.15. The number of hydrogen-bond donors (Lipinski definition) is 1. The van der Waals surface area contributed by atoms with Crippen molar-refractivity contribution in [1.82, 2.24) is 9.55 Å². The number of halogens is 1. The van der Waals surface area contributed by atoms with E-state index in [1.165, 1.54) is 36.4 Å². The van der Waals surface area contributed by atoms with Crippen molar-refractivity contribution in [3.63, 3.8) is 0 Å². The molecule has 0 spiro atoms. The summed E-state index contributed by atoms with van der Waals surface area (Å²) in [6.45, 7) is -0.503. The van der Waals surface area contributed by atoms with Crippen LogP contribution in [0, 0.1) is 5.82 Å². The number of rotatable bonds is 8. The Morgan fingerprint density at radius 2 is 1.21 bits per heavy atom. The molecule has 11 nitrogen and oxygen atoms in total. The zero-order valence-electron chi connectivity index (χ0n) is 21.8. The number of ether oxygens (including phenoxy) is 4. The van der Waals surface area contributed by atoms with Crippen LogP contribution in [-0.4, -0.2) is 52.4 Å². The first-order chi connectivity index (χ1) is 20.3. The van der Waals surface area contributed by atoms with Crippen LogP contribution in [0.15, 0.2) is 107 Å². The van der Waals surface area contributed by atoms with Crippen molar-refractivity contribution in [2.45, 2.75) is 24.5 Å². The highest BCUT2D eigenvalue weighted by molar-refractivity contribution is 5.91. The van der Waals surface area contributed by atoms with E-state index in [0.29, 0.717) is 10.8 Å². The van der Waals surface area contributed by atoms with Gasteiger partial charge in [0.1, 0.15) is 12.7 Å². The van der Waals surface area contributed by atoms with Crippen LogP contribution in [0.25, 0.3) is 0 Å². The van der Waals surface area contributed by atoms with Gasteiger partial charge >= 0.3 is 23.6 Å². The molecular formula is C30H23FN2O9. The average molecular weight is 577 g/mol. The largest absolute Gasteiger partial charge is 0.459 e. The molecule has 0 aliphatic carbocycles. The highest BCUT2D eigenvalue weighted by Crippen LogP contribution is 2.34. The van der Waals surface area contributed by atoms with Gasteiger partial charge in [-0.15, -0.1) is 0 Å².